The van der Waals surface area contributed by atoms with Gasteiger partial charge in [-0.05, 0) is 61.4 Å². The van der Waals surface area contributed by atoms with Crippen molar-refractivity contribution in [1.29, 1.82) is 0 Å². The Morgan fingerprint density at radius 2 is 2.05 bits per heavy atom. The molecule has 108 valence electrons. The number of aromatic nitrogens is 2. The van der Waals surface area contributed by atoms with E-state index in [4.69, 9.17) is 4.98 Å². The SMILES string of the molecule is CCc1ccc2nc(-c3cc4c(s3)CCCCC4)[nH]c2c1. The molecule has 0 spiro atoms. The summed E-state index contributed by atoms with van der Waals surface area (Å²) in [6.07, 6.45) is 7.61. The summed E-state index contributed by atoms with van der Waals surface area (Å²) in [5, 5.41) is 0. The van der Waals surface area contributed by atoms with E-state index in [9.17, 15) is 0 Å². The van der Waals surface area contributed by atoms with Crippen LogP contribution in [0.2, 0.25) is 0 Å². The molecule has 4 rings (SSSR count). The van der Waals surface area contributed by atoms with Crippen molar-refractivity contribution in [1.82, 2.24) is 9.97 Å². The highest BCUT2D eigenvalue weighted by Gasteiger charge is 2.15. The number of hydrogen-bond donors (Lipinski definition) is 1. The van der Waals surface area contributed by atoms with E-state index in [1.165, 1.54) is 42.5 Å². The van der Waals surface area contributed by atoms with Crippen LogP contribution >= 0.6 is 11.3 Å². The Morgan fingerprint density at radius 1 is 1.14 bits per heavy atom. The van der Waals surface area contributed by atoms with Gasteiger partial charge in [0.05, 0.1) is 15.9 Å². The maximum Gasteiger partial charge on any atom is 0.148 e. The number of benzene rings is 1. The van der Waals surface area contributed by atoms with Crippen LogP contribution < -0.4 is 0 Å². The maximum absolute atomic E-state index is 4.78. The first-order chi connectivity index (χ1) is 10.3. The number of rotatable bonds is 2. The molecule has 0 fully saturated rings. The lowest BCUT2D eigenvalue weighted by Crippen LogP contribution is -1.81. The molecule has 1 N–H and O–H groups in total. The van der Waals surface area contributed by atoms with Gasteiger partial charge >= 0.3 is 0 Å². The third-order valence-corrected chi connectivity index (χ3v) is 5.68. The summed E-state index contributed by atoms with van der Waals surface area (Å²) in [5.41, 5.74) is 5.15. The second kappa shape index (κ2) is 5.30. The molecule has 0 saturated heterocycles. The average Bonchev–Trinajstić information content (AvgIpc) is 3.04. The summed E-state index contributed by atoms with van der Waals surface area (Å²) in [6, 6.07) is 8.90. The van der Waals surface area contributed by atoms with Gasteiger partial charge in [0, 0.05) is 4.88 Å². The van der Waals surface area contributed by atoms with Crippen LogP contribution in [0.1, 0.15) is 42.2 Å². The minimum absolute atomic E-state index is 1.04. The van der Waals surface area contributed by atoms with Crippen LogP contribution in [-0.4, -0.2) is 9.97 Å². The average molecular weight is 296 g/mol. The number of fused-ring (bicyclic) bond motifs is 2. The van der Waals surface area contributed by atoms with Crippen LogP contribution in [0.15, 0.2) is 24.3 Å². The van der Waals surface area contributed by atoms with Gasteiger partial charge in [-0.2, -0.15) is 0 Å². The minimum atomic E-state index is 1.04. The van der Waals surface area contributed by atoms with E-state index in [1.54, 1.807) is 10.4 Å². The van der Waals surface area contributed by atoms with Gasteiger partial charge in [-0.15, -0.1) is 11.3 Å². The lowest BCUT2D eigenvalue weighted by Gasteiger charge is -1.94. The molecule has 2 heterocycles. The van der Waals surface area contributed by atoms with Crippen molar-refractivity contribution in [3.05, 3.63) is 40.3 Å². The number of thiophene rings is 1. The summed E-state index contributed by atoms with van der Waals surface area (Å²) >= 11 is 1.93. The Kier molecular flexibility index (Phi) is 3.30. The maximum atomic E-state index is 4.78. The Labute approximate surface area is 129 Å². The molecule has 1 aromatic carbocycles. The van der Waals surface area contributed by atoms with Gasteiger partial charge in [-0.1, -0.05) is 19.4 Å². The predicted molar refractivity (Wildman–Crippen MR) is 90.0 cm³/mol. The van der Waals surface area contributed by atoms with Crippen LogP contribution in [0.25, 0.3) is 21.7 Å². The van der Waals surface area contributed by atoms with E-state index in [-0.39, 0.29) is 0 Å². The molecule has 0 radical (unpaired) electrons. The third kappa shape index (κ3) is 2.40. The molecule has 0 aliphatic heterocycles. The van der Waals surface area contributed by atoms with Gasteiger partial charge in [0.25, 0.3) is 0 Å². The van der Waals surface area contributed by atoms with Crippen molar-refractivity contribution in [2.24, 2.45) is 0 Å². The number of H-pyrrole nitrogens is 1. The largest absolute Gasteiger partial charge is 0.337 e. The number of aromatic amines is 1. The Bertz CT molecular complexity index is 758. The van der Waals surface area contributed by atoms with Crippen molar-refractivity contribution in [2.45, 2.75) is 45.4 Å². The molecule has 3 heteroatoms. The van der Waals surface area contributed by atoms with E-state index in [2.05, 4.69) is 36.2 Å². The highest BCUT2D eigenvalue weighted by atomic mass is 32.1. The molecule has 0 atom stereocenters. The second-order valence-corrected chi connectivity index (χ2v) is 7.05. The van der Waals surface area contributed by atoms with Crippen LogP contribution in [0.4, 0.5) is 0 Å². The quantitative estimate of drug-likeness (QED) is 0.653. The molecule has 21 heavy (non-hydrogen) atoms. The van der Waals surface area contributed by atoms with Gasteiger partial charge in [-0.25, -0.2) is 4.98 Å². The van der Waals surface area contributed by atoms with Crippen molar-refractivity contribution >= 4 is 22.4 Å². The predicted octanol–water partition coefficient (Wildman–Crippen LogP) is 5.12. The van der Waals surface area contributed by atoms with Gasteiger partial charge < -0.3 is 4.98 Å². The van der Waals surface area contributed by atoms with E-state index in [0.717, 1.165) is 23.3 Å². The highest BCUT2D eigenvalue weighted by Crippen LogP contribution is 2.34. The standard InChI is InChI=1S/C18H20N2S/c1-2-12-8-9-14-15(10-12)20-18(19-14)17-11-13-6-4-3-5-7-16(13)21-17/h8-11H,2-7H2,1H3,(H,19,20). The first-order valence-corrected chi connectivity index (χ1v) is 8.76. The number of nitrogens with one attached hydrogen (secondary N) is 1. The summed E-state index contributed by atoms with van der Waals surface area (Å²) < 4.78 is 0. The van der Waals surface area contributed by atoms with Gasteiger partial charge in [0.15, 0.2) is 0 Å². The Balaban J connectivity index is 1.76. The molecule has 2 nitrogen and oxygen atoms in total. The van der Waals surface area contributed by atoms with Gasteiger partial charge in [0.2, 0.25) is 0 Å². The third-order valence-electron chi connectivity index (χ3n) is 4.43. The van der Waals surface area contributed by atoms with E-state index in [0.29, 0.717) is 0 Å². The van der Waals surface area contributed by atoms with Crippen molar-refractivity contribution in [2.75, 3.05) is 0 Å². The highest BCUT2D eigenvalue weighted by molar-refractivity contribution is 7.15. The topological polar surface area (TPSA) is 28.7 Å². The zero-order valence-electron chi connectivity index (χ0n) is 12.4. The zero-order valence-corrected chi connectivity index (χ0v) is 13.2. The van der Waals surface area contributed by atoms with Crippen LogP contribution in [0.3, 0.4) is 0 Å². The molecular weight excluding hydrogens is 276 g/mol. The molecule has 1 aliphatic carbocycles. The normalized spacial score (nSPS) is 15.1. The minimum Gasteiger partial charge on any atom is -0.337 e. The second-order valence-electron chi connectivity index (χ2n) is 5.91. The van der Waals surface area contributed by atoms with E-state index < -0.39 is 0 Å². The smallest absolute Gasteiger partial charge is 0.148 e. The summed E-state index contributed by atoms with van der Waals surface area (Å²) in [5.74, 6) is 1.04. The molecule has 2 aromatic heterocycles. The fourth-order valence-corrected chi connectivity index (χ4v) is 4.38. The first kappa shape index (κ1) is 13.1. The summed E-state index contributed by atoms with van der Waals surface area (Å²) in [7, 11) is 0. The monoisotopic (exact) mass is 296 g/mol. The van der Waals surface area contributed by atoms with Crippen LogP contribution in [-0.2, 0) is 19.3 Å². The zero-order chi connectivity index (χ0) is 14.2. The molecule has 0 amide bonds. The van der Waals surface area contributed by atoms with E-state index in [1.807, 2.05) is 11.3 Å². The number of hydrogen-bond acceptors (Lipinski definition) is 2. The Morgan fingerprint density at radius 3 is 2.95 bits per heavy atom. The molecule has 1 aliphatic rings. The van der Waals surface area contributed by atoms with E-state index >= 15 is 0 Å². The van der Waals surface area contributed by atoms with Gasteiger partial charge in [0.1, 0.15) is 5.82 Å². The molecule has 0 bridgehead atoms. The molecular formula is C18H20N2S. The summed E-state index contributed by atoms with van der Waals surface area (Å²) in [4.78, 5) is 11.2. The van der Waals surface area contributed by atoms with Crippen LogP contribution in [0.5, 0.6) is 0 Å². The van der Waals surface area contributed by atoms with Crippen molar-refractivity contribution < 1.29 is 0 Å². The fourth-order valence-electron chi connectivity index (χ4n) is 3.18. The first-order valence-electron chi connectivity index (χ1n) is 7.94. The molecule has 0 saturated carbocycles. The number of aryl methyl sites for hydroxylation is 3. The lowest BCUT2D eigenvalue weighted by atomic mass is 10.1. The summed E-state index contributed by atoms with van der Waals surface area (Å²) in [6.45, 7) is 2.19. The molecule has 0 unspecified atom stereocenters. The number of nitrogens with zero attached hydrogens (tertiary/aromatic N) is 1. The lowest BCUT2D eigenvalue weighted by molar-refractivity contribution is 0.713. The Hall–Kier alpha value is -1.61. The van der Waals surface area contributed by atoms with Gasteiger partial charge in [-0.3, -0.25) is 0 Å². The fraction of sp³-hybridized carbons (Fsp3) is 0.389. The van der Waals surface area contributed by atoms with Crippen molar-refractivity contribution in [3.63, 3.8) is 0 Å². The number of imidazole rings is 1. The van der Waals surface area contributed by atoms with Crippen molar-refractivity contribution in [3.8, 4) is 10.7 Å². The molecule has 3 aromatic rings. The van der Waals surface area contributed by atoms with Crippen LogP contribution in [0, 0.1) is 0 Å².